The first-order valence-corrected chi connectivity index (χ1v) is 8.24. The molecule has 3 saturated carbocycles. The van der Waals surface area contributed by atoms with Crippen LogP contribution in [-0.2, 0) is 0 Å². The summed E-state index contributed by atoms with van der Waals surface area (Å²) in [6, 6.07) is 6.05. The van der Waals surface area contributed by atoms with Crippen LogP contribution in [0.1, 0.15) is 19.3 Å². The van der Waals surface area contributed by atoms with Gasteiger partial charge < -0.3 is 16.0 Å². The van der Waals surface area contributed by atoms with Crippen LogP contribution >= 0.6 is 0 Å². The first-order chi connectivity index (χ1) is 10.7. The van der Waals surface area contributed by atoms with Gasteiger partial charge in [-0.2, -0.15) is 0 Å². The maximum Gasteiger partial charge on any atom is 0.319 e. The van der Waals surface area contributed by atoms with E-state index in [1.54, 1.807) is 12.1 Å². The lowest BCUT2D eigenvalue weighted by Gasteiger charge is -2.50. The molecule has 4 nitrogen and oxygen atoms in total. The zero-order valence-electron chi connectivity index (χ0n) is 12.5. The molecule has 1 aromatic carbocycles. The smallest absolute Gasteiger partial charge is 0.319 e. The standard InChI is InChI=1S/C17H22FN3O/c18-11-2-1-3-12(7-11)20-17(22)21-16-6-10-4-5-13(16)15-9-19-8-14(10)15/h1-3,7,10,13-16,19H,4-6,8-9H2,(H2,20,21,22)/t10-,13-,14+,15-,16-/m1/s1. The van der Waals surface area contributed by atoms with Gasteiger partial charge in [-0.25, -0.2) is 9.18 Å². The number of halogens is 1. The number of rotatable bonds is 2. The molecule has 0 spiro atoms. The molecule has 4 fully saturated rings. The molecule has 3 aliphatic carbocycles. The van der Waals surface area contributed by atoms with E-state index >= 15 is 0 Å². The number of urea groups is 1. The van der Waals surface area contributed by atoms with E-state index in [0.29, 0.717) is 17.5 Å². The molecule has 1 heterocycles. The van der Waals surface area contributed by atoms with E-state index in [2.05, 4.69) is 16.0 Å². The third-order valence-corrected chi connectivity index (χ3v) is 5.81. The fraction of sp³-hybridized carbons (Fsp3) is 0.588. The largest absolute Gasteiger partial charge is 0.335 e. The van der Waals surface area contributed by atoms with Crippen LogP contribution in [0.4, 0.5) is 14.9 Å². The Bertz CT molecular complexity index is 579. The number of amides is 2. The van der Waals surface area contributed by atoms with Gasteiger partial charge in [0, 0.05) is 11.7 Å². The molecule has 4 aliphatic rings. The van der Waals surface area contributed by atoms with Crippen molar-refractivity contribution in [3.05, 3.63) is 30.1 Å². The van der Waals surface area contributed by atoms with Crippen molar-refractivity contribution in [2.24, 2.45) is 23.7 Å². The van der Waals surface area contributed by atoms with Crippen molar-refractivity contribution in [2.45, 2.75) is 25.3 Å². The second-order valence-corrected chi connectivity index (χ2v) is 6.94. The Morgan fingerprint density at radius 1 is 1.18 bits per heavy atom. The summed E-state index contributed by atoms with van der Waals surface area (Å²) in [5.74, 6) is 2.51. The summed E-state index contributed by atoms with van der Waals surface area (Å²) in [6.07, 6.45) is 3.61. The lowest BCUT2D eigenvalue weighted by molar-refractivity contribution is 0.0291. The highest BCUT2D eigenvalue weighted by molar-refractivity contribution is 5.89. The number of fused-ring (bicyclic) bond motifs is 2. The van der Waals surface area contributed by atoms with Gasteiger partial charge in [0.15, 0.2) is 0 Å². The van der Waals surface area contributed by atoms with Crippen molar-refractivity contribution in [1.82, 2.24) is 10.6 Å². The number of hydrogen-bond donors (Lipinski definition) is 3. The molecular weight excluding hydrogens is 281 g/mol. The summed E-state index contributed by atoms with van der Waals surface area (Å²) in [5.41, 5.74) is 0.499. The fourth-order valence-corrected chi connectivity index (χ4v) is 4.90. The number of nitrogens with one attached hydrogen (secondary N) is 3. The Labute approximate surface area is 129 Å². The molecule has 118 valence electrons. The maximum atomic E-state index is 13.2. The number of carbonyl (C=O) groups excluding carboxylic acids is 1. The number of hydrogen-bond acceptors (Lipinski definition) is 2. The van der Waals surface area contributed by atoms with Gasteiger partial charge in [0.1, 0.15) is 5.82 Å². The van der Waals surface area contributed by atoms with E-state index in [1.807, 2.05) is 0 Å². The first kappa shape index (κ1) is 14.0. The minimum Gasteiger partial charge on any atom is -0.335 e. The Hall–Kier alpha value is -1.62. The second kappa shape index (κ2) is 5.54. The molecular formula is C17H22FN3O. The lowest BCUT2D eigenvalue weighted by Crippen LogP contribution is -2.54. The van der Waals surface area contributed by atoms with Gasteiger partial charge >= 0.3 is 6.03 Å². The van der Waals surface area contributed by atoms with E-state index in [4.69, 9.17) is 0 Å². The average molecular weight is 303 g/mol. The minimum absolute atomic E-state index is 0.217. The molecule has 3 N–H and O–H groups in total. The average Bonchev–Trinajstić information content (AvgIpc) is 2.99. The van der Waals surface area contributed by atoms with Gasteiger partial charge in [0.25, 0.3) is 0 Å². The zero-order chi connectivity index (χ0) is 15.1. The van der Waals surface area contributed by atoms with Crippen LogP contribution < -0.4 is 16.0 Å². The molecule has 22 heavy (non-hydrogen) atoms. The van der Waals surface area contributed by atoms with Crippen LogP contribution in [0.5, 0.6) is 0 Å². The summed E-state index contributed by atoms with van der Waals surface area (Å²) >= 11 is 0. The molecule has 1 aromatic rings. The summed E-state index contributed by atoms with van der Waals surface area (Å²) in [4.78, 5) is 12.2. The molecule has 5 atom stereocenters. The SMILES string of the molecule is O=C(Nc1cccc(F)c1)N[C@@H]1C[C@H]2CC[C@@H]1[C@H]1CNC[C@@H]21. The quantitative estimate of drug-likeness (QED) is 0.786. The van der Waals surface area contributed by atoms with Gasteiger partial charge in [-0.05, 0) is 74.2 Å². The van der Waals surface area contributed by atoms with Gasteiger partial charge in [0.05, 0.1) is 0 Å². The minimum atomic E-state index is -0.339. The van der Waals surface area contributed by atoms with Crippen LogP contribution in [0, 0.1) is 29.5 Å². The Kier molecular flexibility index (Phi) is 3.53. The van der Waals surface area contributed by atoms with E-state index in [0.717, 1.165) is 31.3 Å². The van der Waals surface area contributed by atoms with E-state index < -0.39 is 0 Å². The first-order valence-electron chi connectivity index (χ1n) is 8.24. The third kappa shape index (κ3) is 2.47. The summed E-state index contributed by atoms with van der Waals surface area (Å²) in [5, 5.41) is 9.39. The molecule has 0 unspecified atom stereocenters. The second-order valence-electron chi connectivity index (χ2n) is 6.94. The molecule has 1 aliphatic heterocycles. The number of carbonyl (C=O) groups is 1. The molecule has 2 bridgehead atoms. The van der Waals surface area contributed by atoms with Gasteiger partial charge in [-0.1, -0.05) is 6.07 Å². The maximum absolute atomic E-state index is 13.2. The van der Waals surface area contributed by atoms with Gasteiger partial charge in [-0.15, -0.1) is 0 Å². The van der Waals surface area contributed by atoms with Crippen molar-refractivity contribution in [2.75, 3.05) is 18.4 Å². The highest BCUT2D eigenvalue weighted by Gasteiger charge is 2.50. The number of anilines is 1. The van der Waals surface area contributed by atoms with E-state index in [9.17, 15) is 9.18 Å². The Balaban J connectivity index is 1.40. The van der Waals surface area contributed by atoms with Crippen molar-refractivity contribution in [3.8, 4) is 0 Å². The molecule has 5 heteroatoms. The Morgan fingerprint density at radius 3 is 2.91 bits per heavy atom. The molecule has 1 saturated heterocycles. The fourth-order valence-electron chi connectivity index (χ4n) is 4.90. The van der Waals surface area contributed by atoms with Crippen LogP contribution in [0.25, 0.3) is 0 Å². The molecule has 5 rings (SSSR count). The summed E-state index contributed by atoms with van der Waals surface area (Å²) in [6.45, 7) is 2.24. The predicted octanol–water partition coefficient (Wildman–Crippen LogP) is 2.58. The summed E-state index contributed by atoms with van der Waals surface area (Å²) < 4.78 is 13.2. The highest BCUT2D eigenvalue weighted by atomic mass is 19.1. The molecule has 0 aromatic heterocycles. The third-order valence-electron chi connectivity index (χ3n) is 5.81. The van der Waals surface area contributed by atoms with Crippen molar-refractivity contribution in [1.29, 1.82) is 0 Å². The topological polar surface area (TPSA) is 53.2 Å². The van der Waals surface area contributed by atoms with Gasteiger partial charge in [0.2, 0.25) is 0 Å². The van der Waals surface area contributed by atoms with Gasteiger partial charge in [-0.3, -0.25) is 0 Å². The van der Waals surface area contributed by atoms with Crippen LogP contribution in [0.15, 0.2) is 24.3 Å². The lowest BCUT2D eigenvalue weighted by atomic mass is 9.58. The van der Waals surface area contributed by atoms with E-state index in [1.165, 1.54) is 25.0 Å². The molecule has 0 radical (unpaired) electrons. The zero-order valence-corrected chi connectivity index (χ0v) is 12.5. The van der Waals surface area contributed by atoms with Crippen molar-refractivity contribution >= 4 is 11.7 Å². The summed E-state index contributed by atoms with van der Waals surface area (Å²) in [7, 11) is 0. The predicted molar refractivity (Wildman–Crippen MR) is 83.0 cm³/mol. The normalized spacial score (nSPS) is 36.0. The van der Waals surface area contributed by atoms with Crippen molar-refractivity contribution < 1.29 is 9.18 Å². The van der Waals surface area contributed by atoms with E-state index in [-0.39, 0.29) is 17.9 Å². The van der Waals surface area contributed by atoms with Crippen molar-refractivity contribution in [3.63, 3.8) is 0 Å². The number of benzene rings is 1. The highest BCUT2D eigenvalue weighted by Crippen LogP contribution is 2.50. The van der Waals surface area contributed by atoms with Crippen LogP contribution in [0.3, 0.4) is 0 Å². The Morgan fingerprint density at radius 2 is 2.05 bits per heavy atom. The molecule has 2 amide bonds. The monoisotopic (exact) mass is 303 g/mol. The van der Waals surface area contributed by atoms with Crippen LogP contribution in [0.2, 0.25) is 0 Å². The van der Waals surface area contributed by atoms with Crippen LogP contribution in [-0.4, -0.2) is 25.2 Å².